The Morgan fingerprint density at radius 3 is 2.86 bits per heavy atom. The molecular weight excluding hydrogens is 411 g/mol. The number of nitrogens with zero attached hydrogens (tertiary/aromatic N) is 2. The molecule has 22 heavy (non-hydrogen) atoms. The minimum atomic E-state index is 0. The van der Waals surface area contributed by atoms with Crippen LogP contribution in [0.4, 0.5) is 0 Å². The SMILES string of the molecule is CCNC(=NCc1csc(CC)n1)NCCc1ccco1.I. The van der Waals surface area contributed by atoms with Gasteiger partial charge in [0, 0.05) is 24.9 Å². The first-order valence-corrected chi connectivity index (χ1v) is 8.17. The van der Waals surface area contributed by atoms with Crippen molar-refractivity contribution in [1.82, 2.24) is 15.6 Å². The van der Waals surface area contributed by atoms with Crippen LogP contribution >= 0.6 is 35.3 Å². The molecule has 7 heteroatoms. The highest BCUT2D eigenvalue weighted by molar-refractivity contribution is 14.0. The lowest BCUT2D eigenvalue weighted by Gasteiger charge is -2.10. The first-order valence-electron chi connectivity index (χ1n) is 7.29. The predicted molar refractivity (Wildman–Crippen MR) is 102 cm³/mol. The van der Waals surface area contributed by atoms with Crippen molar-refractivity contribution in [2.45, 2.75) is 33.2 Å². The number of thiazole rings is 1. The maximum atomic E-state index is 5.31. The molecule has 0 unspecified atom stereocenters. The fourth-order valence-corrected chi connectivity index (χ4v) is 2.58. The van der Waals surface area contributed by atoms with Crippen LogP contribution in [0.2, 0.25) is 0 Å². The highest BCUT2D eigenvalue weighted by atomic mass is 127. The number of rotatable bonds is 7. The van der Waals surface area contributed by atoms with Crippen molar-refractivity contribution in [3.05, 3.63) is 40.2 Å². The Kier molecular flexibility index (Phi) is 9.14. The van der Waals surface area contributed by atoms with Crippen LogP contribution in [-0.2, 0) is 19.4 Å². The van der Waals surface area contributed by atoms with Gasteiger partial charge in [-0.1, -0.05) is 6.92 Å². The van der Waals surface area contributed by atoms with Crippen LogP contribution in [0.25, 0.3) is 0 Å². The molecule has 0 aliphatic carbocycles. The highest BCUT2D eigenvalue weighted by Crippen LogP contribution is 2.10. The van der Waals surface area contributed by atoms with E-state index in [9.17, 15) is 0 Å². The van der Waals surface area contributed by atoms with E-state index in [2.05, 4.69) is 39.8 Å². The van der Waals surface area contributed by atoms with Gasteiger partial charge in [0.2, 0.25) is 0 Å². The highest BCUT2D eigenvalue weighted by Gasteiger charge is 2.02. The molecule has 2 aromatic rings. The molecule has 122 valence electrons. The van der Waals surface area contributed by atoms with E-state index in [-0.39, 0.29) is 24.0 Å². The zero-order valence-electron chi connectivity index (χ0n) is 13.0. The van der Waals surface area contributed by atoms with Crippen LogP contribution in [0.3, 0.4) is 0 Å². The summed E-state index contributed by atoms with van der Waals surface area (Å²) in [5.41, 5.74) is 1.03. The smallest absolute Gasteiger partial charge is 0.191 e. The van der Waals surface area contributed by atoms with Gasteiger partial charge in [0.25, 0.3) is 0 Å². The summed E-state index contributed by atoms with van der Waals surface area (Å²) >= 11 is 1.70. The quantitative estimate of drug-likeness (QED) is 0.399. The zero-order chi connectivity index (χ0) is 14.9. The van der Waals surface area contributed by atoms with Crippen molar-refractivity contribution in [2.24, 2.45) is 4.99 Å². The molecule has 0 aliphatic heterocycles. The maximum absolute atomic E-state index is 5.31. The zero-order valence-corrected chi connectivity index (χ0v) is 16.1. The number of furan rings is 1. The van der Waals surface area contributed by atoms with Crippen LogP contribution in [0.1, 0.15) is 30.3 Å². The third-order valence-corrected chi connectivity index (χ3v) is 3.93. The topological polar surface area (TPSA) is 62.5 Å². The molecule has 0 amide bonds. The van der Waals surface area contributed by atoms with Gasteiger partial charge in [-0.3, -0.25) is 0 Å². The number of halogens is 1. The van der Waals surface area contributed by atoms with Crippen LogP contribution in [0.15, 0.2) is 33.2 Å². The van der Waals surface area contributed by atoms with Crippen molar-refractivity contribution < 1.29 is 4.42 Å². The van der Waals surface area contributed by atoms with Crippen LogP contribution < -0.4 is 10.6 Å². The minimum Gasteiger partial charge on any atom is -0.469 e. The Balaban J connectivity index is 0.00000242. The van der Waals surface area contributed by atoms with E-state index in [1.165, 1.54) is 0 Å². The molecule has 0 fully saturated rings. The summed E-state index contributed by atoms with van der Waals surface area (Å²) in [7, 11) is 0. The lowest BCUT2D eigenvalue weighted by atomic mass is 10.3. The molecule has 0 aliphatic rings. The number of nitrogens with one attached hydrogen (secondary N) is 2. The van der Waals surface area contributed by atoms with Gasteiger partial charge in [-0.2, -0.15) is 0 Å². The van der Waals surface area contributed by atoms with Crippen LogP contribution in [-0.4, -0.2) is 24.0 Å². The fourth-order valence-electron chi connectivity index (χ4n) is 1.84. The van der Waals surface area contributed by atoms with Gasteiger partial charge in [-0.15, -0.1) is 35.3 Å². The Morgan fingerprint density at radius 1 is 1.36 bits per heavy atom. The Bertz CT molecular complexity index is 554. The van der Waals surface area contributed by atoms with Crippen LogP contribution in [0.5, 0.6) is 0 Å². The van der Waals surface area contributed by atoms with Crippen molar-refractivity contribution in [3.8, 4) is 0 Å². The van der Waals surface area contributed by atoms with E-state index in [1.807, 2.05) is 12.1 Å². The van der Waals surface area contributed by atoms with Crippen LogP contribution in [0, 0.1) is 0 Å². The first-order chi connectivity index (χ1) is 10.3. The van der Waals surface area contributed by atoms with Gasteiger partial charge in [0.1, 0.15) is 5.76 Å². The number of aryl methyl sites for hydroxylation is 1. The van der Waals surface area contributed by atoms with E-state index in [0.717, 1.165) is 48.4 Å². The summed E-state index contributed by atoms with van der Waals surface area (Å²) in [5.74, 6) is 1.79. The average molecular weight is 434 g/mol. The lowest BCUT2D eigenvalue weighted by molar-refractivity contribution is 0.507. The molecule has 2 heterocycles. The Morgan fingerprint density at radius 2 is 2.23 bits per heavy atom. The largest absolute Gasteiger partial charge is 0.469 e. The number of aliphatic imine (C=N–C) groups is 1. The van der Waals surface area contributed by atoms with Gasteiger partial charge in [0.15, 0.2) is 5.96 Å². The number of aromatic nitrogens is 1. The van der Waals surface area contributed by atoms with E-state index in [0.29, 0.717) is 6.54 Å². The first kappa shape index (κ1) is 19.0. The second-order valence-corrected chi connectivity index (χ2v) is 5.48. The summed E-state index contributed by atoms with van der Waals surface area (Å²) in [6.45, 7) is 6.40. The minimum absolute atomic E-state index is 0. The molecule has 0 aromatic carbocycles. The molecule has 2 rings (SSSR count). The van der Waals surface area contributed by atoms with E-state index < -0.39 is 0 Å². The lowest BCUT2D eigenvalue weighted by Crippen LogP contribution is -2.38. The molecule has 0 spiro atoms. The van der Waals surface area contributed by atoms with Gasteiger partial charge < -0.3 is 15.1 Å². The van der Waals surface area contributed by atoms with Gasteiger partial charge >= 0.3 is 0 Å². The molecule has 2 aromatic heterocycles. The maximum Gasteiger partial charge on any atom is 0.191 e. The average Bonchev–Trinajstić information content (AvgIpc) is 3.16. The van der Waals surface area contributed by atoms with Gasteiger partial charge in [0.05, 0.1) is 23.5 Å². The molecule has 2 N–H and O–H groups in total. The molecule has 0 atom stereocenters. The van der Waals surface area contributed by atoms with Crippen molar-refractivity contribution >= 4 is 41.3 Å². The summed E-state index contributed by atoms with van der Waals surface area (Å²) < 4.78 is 5.31. The number of hydrogen-bond donors (Lipinski definition) is 2. The van der Waals surface area contributed by atoms with Crippen molar-refractivity contribution in [2.75, 3.05) is 13.1 Å². The standard InChI is InChI=1S/C15H22N4OS.HI/c1-3-14-19-12(11-21-14)10-18-15(16-4-2)17-8-7-13-6-5-9-20-13;/h5-6,9,11H,3-4,7-8,10H2,1-2H3,(H2,16,17,18);1H. The summed E-state index contributed by atoms with van der Waals surface area (Å²) in [4.78, 5) is 9.08. The normalized spacial score (nSPS) is 11.1. The van der Waals surface area contributed by atoms with E-state index in [1.54, 1.807) is 17.6 Å². The Labute approximate surface area is 152 Å². The van der Waals surface area contributed by atoms with E-state index >= 15 is 0 Å². The number of hydrogen-bond acceptors (Lipinski definition) is 4. The van der Waals surface area contributed by atoms with E-state index in [4.69, 9.17) is 4.42 Å². The molecule has 0 bridgehead atoms. The third-order valence-electron chi connectivity index (χ3n) is 2.89. The second-order valence-electron chi connectivity index (χ2n) is 4.54. The molecule has 5 nitrogen and oxygen atoms in total. The number of guanidine groups is 1. The fraction of sp³-hybridized carbons (Fsp3) is 0.467. The predicted octanol–water partition coefficient (Wildman–Crippen LogP) is 3.21. The summed E-state index contributed by atoms with van der Waals surface area (Å²) in [5, 5.41) is 9.78. The third kappa shape index (κ3) is 6.35. The van der Waals surface area contributed by atoms with Gasteiger partial charge in [-0.05, 0) is 25.5 Å². The molecular formula is C15H23IN4OS. The van der Waals surface area contributed by atoms with Crippen molar-refractivity contribution in [3.63, 3.8) is 0 Å². The van der Waals surface area contributed by atoms with Crippen molar-refractivity contribution in [1.29, 1.82) is 0 Å². The molecule has 0 radical (unpaired) electrons. The summed E-state index contributed by atoms with van der Waals surface area (Å²) in [6.07, 6.45) is 3.52. The molecule has 0 saturated carbocycles. The monoisotopic (exact) mass is 434 g/mol. The second kappa shape index (κ2) is 10.6. The Hall–Kier alpha value is -1.09. The van der Waals surface area contributed by atoms with Gasteiger partial charge in [-0.25, -0.2) is 9.98 Å². The molecule has 0 saturated heterocycles. The summed E-state index contributed by atoms with van der Waals surface area (Å²) in [6, 6.07) is 3.88.